The number of nitro groups is 1. The third-order valence-electron chi connectivity index (χ3n) is 3.41. The molecule has 0 spiro atoms. The molecular formula is C14H18N4O5. The van der Waals surface area contributed by atoms with Gasteiger partial charge in [-0.2, -0.15) is 0 Å². The van der Waals surface area contributed by atoms with Crippen LogP contribution in [0.4, 0.5) is 5.69 Å². The molecule has 0 saturated carbocycles. The van der Waals surface area contributed by atoms with Crippen molar-refractivity contribution in [2.45, 2.75) is 32.4 Å². The highest BCUT2D eigenvalue weighted by atomic mass is 16.6. The Balaban J connectivity index is 2.06. The molecule has 124 valence electrons. The number of hydrogen-bond donors (Lipinski definition) is 2. The molecule has 3 N–H and O–H groups in total. The van der Waals surface area contributed by atoms with Crippen LogP contribution in [-0.2, 0) is 11.3 Å². The largest absolute Gasteiger partial charge is 0.419 e. The molecule has 9 nitrogen and oxygen atoms in total. The maximum Gasteiger partial charge on any atom is 0.419 e. The quantitative estimate of drug-likeness (QED) is 0.570. The first kappa shape index (κ1) is 16.7. The summed E-state index contributed by atoms with van der Waals surface area (Å²) in [6, 6.07) is 3.89. The Morgan fingerprint density at radius 3 is 2.91 bits per heavy atom. The average Bonchev–Trinajstić information content (AvgIpc) is 2.82. The lowest BCUT2D eigenvalue weighted by atomic mass is 10.2. The fourth-order valence-electron chi connectivity index (χ4n) is 2.18. The normalized spacial score (nSPS) is 12.3. The van der Waals surface area contributed by atoms with E-state index in [2.05, 4.69) is 5.32 Å². The number of carbonyl (C=O) groups excluding carboxylic acids is 1. The summed E-state index contributed by atoms with van der Waals surface area (Å²) in [5, 5.41) is 13.5. The molecule has 2 rings (SSSR count). The van der Waals surface area contributed by atoms with Crippen molar-refractivity contribution < 1.29 is 14.1 Å². The van der Waals surface area contributed by atoms with E-state index in [4.69, 9.17) is 10.2 Å². The van der Waals surface area contributed by atoms with Crippen molar-refractivity contribution in [1.29, 1.82) is 0 Å². The number of carbonyl (C=O) groups is 1. The topological polar surface area (TPSA) is 133 Å². The van der Waals surface area contributed by atoms with E-state index in [9.17, 15) is 19.7 Å². The monoisotopic (exact) mass is 322 g/mol. The molecule has 0 bridgehead atoms. The first-order valence-corrected chi connectivity index (χ1v) is 7.19. The zero-order valence-electron chi connectivity index (χ0n) is 12.7. The molecule has 0 fully saturated rings. The van der Waals surface area contributed by atoms with E-state index in [-0.39, 0.29) is 36.2 Å². The second kappa shape index (κ2) is 7.05. The van der Waals surface area contributed by atoms with Crippen LogP contribution in [0, 0.1) is 10.1 Å². The summed E-state index contributed by atoms with van der Waals surface area (Å²) in [6.45, 7) is 2.45. The maximum absolute atomic E-state index is 11.8. The summed E-state index contributed by atoms with van der Waals surface area (Å²) < 4.78 is 6.38. The number of hydrogen-bond acceptors (Lipinski definition) is 6. The fraction of sp³-hybridized carbons (Fsp3) is 0.429. The van der Waals surface area contributed by atoms with Crippen molar-refractivity contribution >= 4 is 22.7 Å². The van der Waals surface area contributed by atoms with Crippen LogP contribution >= 0.6 is 0 Å². The zero-order chi connectivity index (χ0) is 17.0. The lowest BCUT2D eigenvalue weighted by Crippen LogP contribution is -2.37. The van der Waals surface area contributed by atoms with Crippen molar-refractivity contribution in [1.82, 2.24) is 9.88 Å². The number of oxazole rings is 1. The fourth-order valence-corrected chi connectivity index (χ4v) is 2.18. The van der Waals surface area contributed by atoms with Gasteiger partial charge in [-0.05, 0) is 19.4 Å². The Morgan fingerprint density at radius 2 is 2.26 bits per heavy atom. The SMILES string of the molecule is C[C@@H](CN)NC(=O)CCCn1c(=O)oc2cc([N+](=O)[O-])ccc21. The summed E-state index contributed by atoms with van der Waals surface area (Å²) in [4.78, 5) is 33.7. The number of nitrogens with zero attached hydrogens (tertiary/aromatic N) is 2. The Hall–Kier alpha value is -2.68. The van der Waals surface area contributed by atoms with Gasteiger partial charge in [-0.25, -0.2) is 4.79 Å². The number of nitrogens with two attached hydrogens (primary N) is 1. The molecule has 0 aliphatic heterocycles. The Labute approximate surface area is 131 Å². The van der Waals surface area contributed by atoms with Crippen molar-refractivity contribution in [3.05, 3.63) is 38.9 Å². The number of fused-ring (bicyclic) bond motifs is 1. The first-order chi connectivity index (χ1) is 10.9. The van der Waals surface area contributed by atoms with Gasteiger partial charge in [0.1, 0.15) is 0 Å². The molecule has 1 aromatic heterocycles. The molecule has 1 amide bonds. The minimum Gasteiger partial charge on any atom is -0.407 e. The predicted molar refractivity (Wildman–Crippen MR) is 83.0 cm³/mol. The maximum atomic E-state index is 11.8. The molecule has 1 heterocycles. The molecule has 0 aliphatic rings. The third kappa shape index (κ3) is 3.95. The van der Waals surface area contributed by atoms with Crippen LogP contribution in [0.25, 0.3) is 11.1 Å². The van der Waals surface area contributed by atoms with Gasteiger partial charge < -0.3 is 15.5 Å². The summed E-state index contributed by atoms with van der Waals surface area (Å²) in [5.41, 5.74) is 5.90. The number of aryl methyl sites for hydroxylation is 1. The summed E-state index contributed by atoms with van der Waals surface area (Å²) in [7, 11) is 0. The average molecular weight is 322 g/mol. The van der Waals surface area contributed by atoms with Gasteiger partial charge in [0.2, 0.25) is 5.91 Å². The molecule has 0 aliphatic carbocycles. The van der Waals surface area contributed by atoms with Crippen LogP contribution in [0.3, 0.4) is 0 Å². The van der Waals surface area contributed by atoms with Gasteiger partial charge in [0.05, 0.1) is 16.5 Å². The Kier molecular flexibility index (Phi) is 5.12. The molecule has 1 aromatic carbocycles. The van der Waals surface area contributed by atoms with Crippen LogP contribution in [0.15, 0.2) is 27.4 Å². The van der Waals surface area contributed by atoms with Crippen molar-refractivity contribution in [3.8, 4) is 0 Å². The minimum absolute atomic E-state index is 0.0967. The summed E-state index contributed by atoms with van der Waals surface area (Å²) >= 11 is 0. The Morgan fingerprint density at radius 1 is 1.52 bits per heavy atom. The molecule has 9 heteroatoms. The number of nitrogens with one attached hydrogen (secondary N) is 1. The molecule has 0 radical (unpaired) electrons. The molecular weight excluding hydrogens is 304 g/mol. The second-order valence-electron chi connectivity index (χ2n) is 5.24. The van der Waals surface area contributed by atoms with E-state index in [1.54, 1.807) is 6.92 Å². The van der Waals surface area contributed by atoms with Crippen LogP contribution in [-0.4, -0.2) is 28.0 Å². The van der Waals surface area contributed by atoms with Crippen LogP contribution in [0.2, 0.25) is 0 Å². The zero-order valence-corrected chi connectivity index (χ0v) is 12.7. The molecule has 0 unspecified atom stereocenters. The predicted octanol–water partition coefficient (Wildman–Crippen LogP) is 0.746. The standard InChI is InChI=1S/C14H18N4O5/c1-9(8-15)16-13(19)3-2-6-17-11-5-4-10(18(21)22)7-12(11)23-14(17)20/h4-5,7,9H,2-3,6,8,15H2,1H3,(H,16,19)/t9-/m0/s1. The molecule has 0 saturated heterocycles. The highest BCUT2D eigenvalue weighted by Gasteiger charge is 2.14. The third-order valence-corrected chi connectivity index (χ3v) is 3.41. The van der Waals surface area contributed by atoms with Gasteiger partial charge in [-0.3, -0.25) is 19.5 Å². The van der Waals surface area contributed by atoms with Crippen molar-refractivity contribution in [2.75, 3.05) is 6.54 Å². The number of nitro benzene ring substituents is 1. The number of amides is 1. The second-order valence-corrected chi connectivity index (χ2v) is 5.24. The van der Waals surface area contributed by atoms with Crippen LogP contribution in [0.1, 0.15) is 19.8 Å². The Bertz CT molecular complexity index is 779. The van der Waals surface area contributed by atoms with Crippen molar-refractivity contribution in [2.24, 2.45) is 5.73 Å². The van der Waals surface area contributed by atoms with E-state index in [0.29, 0.717) is 18.5 Å². The van der Waals surface area contributed by atoms with Gasteiger partial charge in [0.15, 0.2) is 5.58 Å². The molecule has 23 heavy (non-hydrogen) atoms. The first-order valence-electron chi connectivity index (χ1n) is 7.19. The van der Waals surface area contributed by atoms with E-state index >= 15 is 0 Å². The number of aromatic nitrogens is 1. The number of benzene rings is 1. The van der Waals surface area contributed by atoms with E-state index < -0.39 is 10.7 Å². The highest BCUT2D eigenvalue weighted by molar-refractivity contribution is 5.77. The molecule has 1 atom stereocenters. The van der Waals surface area contributed by atoms with Gasteiger partial charge in [0, 0.05) is 31.6 Å². The van der Waals surface area contributed by atoms with Crippen LogP contribution in [0.5, 0.6) is 0 Å². The van der Waals surface area contributed by atoms with Crippen molar-refractivity contribution in [3.63, 3.8) is 0 Å². The van der Waals surface area contributed by atoms with Gasteiger partial charge in [0.25, 0.3) is 5.69 Å². The number of non-ortho nitro benzene ring substituents is 1. The summed E-state index contributed by atoms with van der Waals surface area (Å²) in [6.07, 6.45) is 0.686. The van der Waals surface area contributed by atoms with Crippen LogP contribution < -0.4 is 16.8 Å². The smallest absolute Gasteiger partial charge is 0.407 e. The number of rotatable bonds is 7. The van der Waals surface area contributed by atoms with E-state index in [1.807, 2.05) is 0 Å². The molecule has 2 aromatic rings. The highest BCUT2D eigenvalue weighted by Crippen LogP contribution is 2.20. The van der Waals surface area contributed by atoms with Gasteiger partial charge >= 0.3 is 5.76 Å². The minimum atomic E-state index is -0.601. The van der Waals surface area contributed by atoms with Gasteiger partial charge in [-0.15, -0.1) is 0 Å². The lowest BCUT2D eigenvalue weighted by molar-refractivity contribution is -0.384. The summed E-state index contributed by atoms with van der Waals surface area (Å²) in [5.74, 6) is -0.740. The van der Waals surface area contributed by atoms with E-state index in [0.717, 1.165) is 0 Å². The van der Waals surface area contributed by atoms with Gasteiger partial charge in [-0.1, -0.05) is 0 Å². The van der Waals surface area contributed by atoms with E-state index in [1.165, 1.54) is 22.8 Å². The lowest BCUT2D eigenvalue weighted by Gasteiger charge is -2.10.